The highest BCUT2D eigenvalue weighted by Crippen LogP contribution is 2.18. The molecule has 124 valence electrons. The van der Waals surface area contributed by atoms with Gasteiger partial charge in [-0.25, -0.2) is 0 Å². The minimum atomic E-state index is 0.0471. The number of likely N-dealkylation sites (tertiary alicyclic amines) is 1. The SMILES string of the molecule is CNc1c(C)cccc1C.O=CC1CCCCN1CCSF. The summed E-state index contributed by atoms with van der Waals surface area (Å²) < 4.78 is 11.8. The predicted molar refractivity (Wildman–Crippen MR) is 94.3 cm³/mol. The molecule has 1 saturated heterocycles. The van der Waals surface area contributed by atoms with Crippen LogP contribution >= 0.6 is 12.1 Å². The molecule has 1 aromatic carbocycles. The molecule has 22 heavy (non-hydrogen) atoms. The minimum absolute atomic E-state index is 0.0471. The molecule has 0 bridgehead atoms. The van der Waals surface area contributed by atoms with E-state index in [1.807, 2.05) is 7.05 Å². The molecule has 0 aromatic heterocycles. The van der Waals surface area contributed by atoms with Crippen molar-refractivity contribution in [2.45, 2.75) is 39.2 Å². The first kappa shape index (κ1) is 19.0. The van der Waals surface area contributed by atoms with E-state index in [2.05, 4.69) is 42.3 Å². The standard InChI is InChI=1S/C9H13N.C8H14FNOS/c1-7-5-4-6-8(2)9(7)10-3;9-12-6-5-10-4-2-1-3-8(10)7-11/h4-6,10H,1-3H3;7-8H,1-6H2. The molecule has 0 aliphatic carbocycles. The highest BCUT2D eigenvalue weighted by atomic mass is 32.2. The predicted octanol–water partition coefficient (Wildman–Crippen LogP) is 4.00. The van der Waals surface area contributed by atoms with Crippen LogP contribution in [-0.4, -0.2) is 43.1 Å². The summed E-state index contributed by atoms with van der Waals surface area (Å²) in [6.07, 6.45) is 4.20. The Bertz CT molecular complexity index is 436. The number of carbonyl (C=O) groups excluding carboxylic acids is 1. The van der Waals surface area contributed by atoms with Crippen LogP contribution in [0.15, 0.2) is 18.2 Å². The summed E-state index contributed by atoms with van der Waals surface area (Å²) in [6, 6.07) is 6.34. The lowest BCUT2D eigenvalue weighted by Crippen LogP contribution is -2.41. The van der Waals surface area contributed by atoms with Gasteiger partial charge in [0.2, 0.25) is 0 Å². The fraction of sp³-hybridized carbons (Fsp3) is 0.588. The number of piperidine rings is 1. The van der Waals surface area contributed by atoms with Crippen molar-refractivity contribution in [2.24, 2.45) is 0 Å². The van der Waals surface area contributed by atoms with Crippen LogP contribution in [0.25, 0.3) is 0 Å². The van der Waals surface area contributed by atoms with E-state index in [4.69, 9.17) is 0 Å². The Labute approximate surface area is 138 Å². The van der Waals surface area contributed by atoms with Gasteiger partial charge in [-0.1, -0.05) is 24.6 Å². The third-order valence-electron chi connectivity index (χ3n) is 4.01. The van der Waals surface area contributed by atoms with Crippen LogP contribution < -0.4 is 5.32 Å². The average Bonchev–Trinajstić information content (AvgIpc) is 2.54. The molecule has 2 rings (SSSR count). The number of rotatable bonds is 5. The quantitative estimate of drug-likeness (QED) is 0.829. The molecule has 1 fully saturated rings. The van der Waals surface area contributed by atoms with Crippen LogP contribution in [0.1, 0.15) is 30.4 Å². The number of aryl methyl sites for hydroxylation is 2. The van der Waals surface area contributed by atoms with E-state index in [9.17, 15) is 8.68 Å². The third-order valence-corrected chi connectivity index (χ3v) is 4.34. The maximum Gasteiger partial charge on any atom is 0.137 e. The summed E-state index contributed by atoms with van der Waals surface area (Å²) in [5, 5.41) is 3.16. The van der Waals surface area contributed by atoms with E-state index in [-0.39, 0.29) is 6.04 Å². The molecule has 5 heteroatoms. The molecular weight excluding hydrogens is 299 g/mol. The van der Waals surface area contributed by atoms with Crippen molar-refractivity contribution in [3.8, 4) is 0 Å². The molecule has 3 nitrogen and oxygen atoms in total. The maximum absolute atomic E-state index is 11.8. The van der Waals surface area contributed by atoms with Crippen molar-refractivity contribution < 1.29 is 8.68 Å². The van der Waals surface area contributed by atoms with E-state index >= 15 is 0 Å². The molecule has 1 aliphatic rings. The van der Waals surface area contributed by atoms with Gasteiger partial charge in [0.25, 0.3) is 0 Å². The molecule has 0 amide bonds. The summed E-state index contributed by atoms with van der Waals surface area (Å²) >= 11 is 0.350. The molecule has 0 saturated carbocycles. The molecule has 1 atom stereocenters. The molecule has 1 aromatic rings. The number of hydrogen-bond acceptors (Lipinski definition) is 4. The molecular formula is C17H27FN2OS. The Kier molecular flexibility index (Phi) is 9.16. The average molecular weight is 326 g/mol. The smallest absolute Gasteiger partial charge is 0.137 e. The number of benzene rings is 1. The second-order valence-corrected chi connectivity index (χ2v) is 6.19. The monoisotopic (exact) mass is 326 g/mol. The van der Waals surface area contributed by atoms with Crippen LogP contribution in [-0.2, 0) is 4.79 Å². The van der Waals surface area contributed by atoms with Gasteiger partial charge in [0, 0.05) is 37.2 Å². The number of aldehydes is 1. The normalized spacial score (nSPS) is 18.3. The van der Waals surface area contributed by atoms with Crippen LogP contribution in [0.2, 0.25) is 0 Å². The maximum atomic E-state index is 11.8. The summed E-state index contributed by atoms with van der Waals surface area (Å²) in [4.78, 5) is 12.7. The van der Waals surface area contributed by atoms with Gasteiger partial charge in [0.1, 0.15) is 6.29 Å². The Balaban J connectivity index is 0.000000224. The van der Waals surface area contributed by atoms with Crippen LogP contribution in [0.4, 0.5) is 9.57 Å². The zero-order chi connectivity index (χ0) is 16.4. The number of para-hydroxylation sites is 1. The van der Waals surface area contributed by atoms with Crippen molar-refractivity contribution in [3.05, 3.63) is 29.3 Å². The Morgan fingerprint density at radius 3 is 2.55 bits per heavy atom. The third kappa shape index (κ3) is 5.97. The Hall–Kier alpha value is -1.07. The van der Waals surface area contributed by atoms with Gasteiger partial charge in [-0.15, -0.1) is 0 Å². The van der Waals surface area contributed by atoms with E-state index in [1.165, 1.54) is 16.8 Å². The number of hydrogen-bond donors (Lipinski definition) is 1. The number of nitrogens with zero attached hydrogens (tertiary/aromatic N) is 1. The van der Waals surface area contributed by atoms with Gasteiger partial charge >= 0.3 is 0 Å². The van der Waals surface area contributed by atoms with Gasteiger partial charge in [-0.3, -0.25) is 4.90 Å². The molecule has 1 unspecified atom stereocenters. The lowest BCUT2D eigenvalue weighted by atomic mass is 10.0. The summed E-state index contributed by atoms with van der Waals surface area (Å²) in [5.74, 6) is 0.477. The van der Waals surface area contributed by atoms with Crippen LogP contribution in [0, 0.1) is 13.8 Å². The molecule has 1 heterocycles. The fourth-order valence-corrected chi connectivity index (χ4v) is 3.11. The molecule has 1 aliphatic heterocycles. The number of anilines is 1. The van der Waals surface area contributed by atoms with E-state index in [1.54, 1.807) is 0 Å². The highest BCUT2D eigenvalue weighted by molar-refractivity contribution is 7.94. The summed E-state index contributed by atoms with van der Waals surface area (Å²) in [6.45, 7) is 5.87. The van der Waals surface area contributed by atoms with Gasteiger partial charge in [0.15, 0.2) is 0 Å². The number of carbonyl (C=O) groups is 1. The molecule has 0 radical (unpaired) electrons. The zero-order valence-electron chi connectivity index (χ0n) is 13.8. The Morgan fingerprint density at radius 1 is 1.36 bits per heavy atom. The van der Waals surface area contributed by atoms with Crippen molar-refractivity contribution in [1.29, 1.82) is 0 Å². The molecule has 1 N–H and O–H groups in total. The summed E-state index contributed by atoms with van der Waals surface area (Å²) in [7, 11) is 1.95. The van der Waals surface area contributed by atoms with Crippen LogP contribution in [0.3, 0.4) is 0 Å². The first-order valence-electron chi connectivity index (χ1n) is 7.80. The lowest BCUT2D eigenvalue weighted by molar-refractivity contribution is -0.113. The second-order valence-electron chi connectivity index (χ2n) is 5.57. The van der Waals surface area contributed by atoms with Gasteiger partial charge in [0.05, 0.1) is 6.04 Å². The van der Waals surface area contributed by atoms with Gasteiger partial charge in [-0.05, 0) is 44.4 Å². The Morgan fingerprint density at radius 2 is 2.05 bits per heavy atom. The van der Waals surface area contributed by atoms with Gasteiger partial charge in [-0.2, -0.15) is 3.89 Å². The summed E-state index contributed by atoms with van der Waals surface area (Å²) in [5.41, 5.74) is 3.87. The lowest BCUT2D eigenvalue weighted by Gasteiger charge is -2.31. The zero-order valence-corrected chi connectivity index (χ0v) is 14.6. The highest BCUT2D eigenvalue weighted by Gasteiger charge is 2.20. The van der Waals surface area contributed by atoms with Crippen molar-refractivity contribution in [1.82, 2.24) is 4.90 Å². The number of halogens is 1. The second kappa shape index (κ2) is 10.6. The van der Waals surface area contributed by atoms with E-state index < -0.39 is 0 Å². The van der Waals surface area contributed by atoms with Crippen molar-refractivity contribution >= 4 is 24.1 Å². The van der Waals surface area contributed by atoms with E-state index in [0.29, 0.717) is 24.4 Å². The van der Waals surface area contributed by atoms with Crippen LogP contribution in [0.5, 0.6) is 0 Å². The van der Waals surface area contributed by atoms with E-state index in [0.717, 1.165) is 32.1 Å². The topological polar surface area (TPSA) is 32.3 Å². The number of nitrogens with one attached hydrogen (secondary N) is 1. The molecule has 0 spiro atoms. The fourth-order valence-electron chi connectivity index (χ4n) is 2.81. The largest absolute Gasteiger partial charge is 0.388 e. The first-order chi connectivity index (χ1) is 10.6. The minimum Gasteiger partial charge on any atom is -0.388 e. The van der Waals surface area contributed by atoms with Gasteiger partial charge < -0.3 is 10.1 Å². The van der Waals surface area contributed by atoms with Crippen molar-refractivity contribution in [3.63, 3.8) is 0 Å². The van der Waals surface area contributed by atoms with Crippen molar-refractivity contribution in [2.75, 3.05) is 31.2 Å². The first-order valence-corrected chi connectivity index (χ1v) is 8.69.